The molecule has 0 spiro atoms. The van der Waals surface area contributed by atoms with Gasteiger partial charge in [-0.25, -0.2) is 0 Å². The number of carboxylic acid groups (broad SMARTS) is 1. The molecule has 220 valence electrons. The Balaban J connectivity index is -0.000000645. The molecule has 0 saturated heterocycles. The van der Waals surface area contributed by atoms with E-state index < -0.39 is 5.97 Å². The van der Waals surface area contributed by atoms with E-state index in [0.717, 1.165) is 37.5 Å². The summed E-state index contributed by atoms with van der Waals surface area (Å²) in [6.45, 7) is 5.42. The Labute approximate surface area is 273 Å². The van der Waals surface area contributed by atoms with Crippen LogP contribution in [0.2, 0.25) is 5.02 Å². The molecule has 7 heteroatoms. The Morgan fingerprint density at radius 3 is 1.97 bits per heavy atom. The van der Waals surface area contributed by atoms with E-state index in [4.69, 9.17) is 16.7 Å². The maximum Gasteiger partial charge on any atom is 2.00 e. The molecule has 3 rings (SSSR count). The predicted octanol–water partition coefficient (Wildman–Crippen LogP) is 10.6. The molecule has 3 nitrogen and oxygen atoms in total. The molecule has 39 heavy (non-hydrogen) atoms. The van der Waals surface area contributed by atoms with Gasteiger partial charge in [-0.1, -0.05) is 127 Å². The van der Waals surface area contributed by atoms with Crippen LogP contribution >= 0.6 is 35.3 Å². The molecular weight excluding hydrogens is 558 g/mol. The number of aliphatic carboxylic acids is 1. The number of fused-ring (bicyclic) bond motifs is 1. The number of thiophene rings is 1. The van der Waals surface area contributed by atoms with Crippen LogP contribution in [0, 0.1) is 0 Å². The quantitative estimate of drug-likeness (QED) is 0.135. The Morgan fingerprint density at radius 1 is 0.897 bits per heavy atom. The first-order valence-electron chi connectivity index (χ1n) is 14.8. The van der Waals surface area contributed by atoms with Gasteiger partial charge in [-0.15, -0.1) is 23.7 Å². The molecule has 0 radical (unpaired) electrons. The number of halogens is 2. The number of carboxylic acids is 1. The summed E-state index contributed by atoms with van der Waals surface area (Å²) in [5.41, 5.74) is 2.72. The van der Waals surface area contributed by atoms with Gasteiger partial charge >= 0.3 is 29.0 Å². The fraction of sp³-hybridized carbons (Fsp3) is 0.656. The van der Waals surface area contributed by atoms with E-state index >= 15 is 0 Å². The van der Waals surface area contributed by atoms with Crippen molar-refractivity contribution in [3.8, 4) is 0 Å². The molecule has 2 aromatic rings. The van der Waals surface area contributed by atoms with E-state index in [1.807, 2.05) is 23.5 Å². The molecule has 1 aromatic heterocycles. The van der Waals surface area contributed by atoms with Crippen molar-refractivity contribution in [1.29, 1.82) is 0 Å². The van der Waals surface area contributed by atoms with Crippen molar-refractivity contribution in [3.05, 3.63) is 56.7 Å². The third-order valence-electron chi connectivity index (χ3n) is 7.23. The third-order valence-corrected chi connectivity index (χ3v) is 8.62. The second-order valence-electron chi connectivity index (χ2n) is 10.5. The van der Waals surface area contributed by atoms with E-state index in [1.54, 1.807) is 4.88 Å². The van der Waals surface area contributed by atoms with Crippen LogP contribution in [-0.4, -0.2) is 45.6 Å². The van der Waals surface area contributed by atoms with Gasteiger partial charge in [0.25, 0.3) is 0 Å². The number of rotatable bonds is 18. The number of hydrogen-bond acceptors (Lipinski definition) is 3. The maximum atomic E-state index is 10.3. The van der Waals surface area contributed by atoms with E-state index in [9.17, 15) is 4.79 Å². The van der Waals surface area contributed by atoms with Crippen molar-refractivity contribution < 1.29 is 12.8 Å². The van der Waals surface area contributed by atoms with Crippen molar-refractivity contribution in [3.63, 3.8) is 0 Å². The van der Waals surface area contributed by atoms with Crippen LogP contribution in [0.25, 0.3) is 0 Å². The number of unbranched alkanes of at least 4 members (excludes halogenated alkanes) is 14. The first kappa shape index (κ1) is 38.7. The third kappa shape index (κ3) is 18.7. The van der Waals surface area contributed by atoms with Crippen LogP contribution in [0.15, 0.2) is 35.7 Å². The zero-order valence-corrected chi connectivity index (χ0v) is 28.1. The normalized spacial score (nSPS) is 12.5. The standard InChI is InChI=1S/C18H36O2.C14H14ClNS.ClH.Mg.2H/c1-2-3-4-5-6-7-8-9-10-11-12-13-14-15-16-17-18(19)20;15-13-4-2-1-3-11(13)9-16-7-5-14-12(10-16)6-8-17-14;;;;/h2-17H2,1H3,(H,19,20);1-4,6,8H,5,7,9-10H2;1H;;;/q;;;+2;2*-1. The summed E-state index contributed by atoms with van der Waals surface area (Å²) in [6.07, 6.45) is 21.4. The minimum atomic E-state index is -0.653. The van der Waals surface area contributed by atoms with E-state index in [-0.39, 0.29) is 38.3 Å². The van der Waals surface area contributed by atoms with Gasteiger partial charge in [0.05, 0.1) is 0 Å². The largest absolute Gasteiger partial charge is 2.00 e. The van der Waals surface area contributed by atoms with Crippen LogP contribution in [-0.2, 0) is 24.3 Å². The minimum Gasteiger partial charge on any atom is -1.00 e. The van der Waals surface area contributed by atoms with Gasteiger partial charge in [0, 0.05) is 36.0 Å². The number of nitrogens with zero attached hydrogens (tertiary/aromatic N) is 1. The first-order valence-corrected chi connectivity index (χ1v) is 16.1. The monoisotopic (exact) mass is 609 g/mol. The SMILES string of the molecule is CCCCCCCCCCCCCCCCCC(=O)O.Cl.Clc1ccccc1CN1CCc2sccc2C1.[H-].[H-].[Mg+2]. The Bertz CT molecular complexity index is 876. The Morgan fingerprint density at radius 2 is 1.44 bits per heavy atom. The molecule has 1 aromatic carbocycles. The van der Waals surface area contributed by atoms with Gasteiger partial charge in [0.2, 0.25) is 0 Å². The van der Waals surface area contributed by atoms with Gasteiger partial charge in [0.1, 0.15) is 0 Å². The van der Waals surface area contributed by atoms with Gasteiger partial charge in [-0.2, -0.15) is 0 Å². The zero-order valence-electron chi connectivity index (χ0n) is 26.3. The van der Waals surface area contributed by atoms with Crippen molar-refractivity contribution in [1.82, 2.24) is 4.90 Å². The number of benzene rings is 1. The molecule has 2 heterocycles. The van der Waals surface area contributed by atoms with Crippen LogP contribution in [0.5, 0.6) is 0 Å². The van der Waals surface area contributed by atoms with E-state index in [2.05, 4.69) is 35.4 Å². The molecule has 0 atom stereocenters. The number of hydrogen-bond donors (Lipinski definition) is 1. The predicted molar refractivity (Wildman–Crippen MR) is 176 cm³/mol. The Kier molecular flexibility index (Phi) is 25.2. The molecule has 0 bridgehead atoms. The van der Waals surface area contributed by atoms with Crippen LogP contribution < -0.4 is 0 Å². The summed E-state index contributed by atoms with van der Waals surface area (Å²) in [5, 5.41) is 11.6. The maximum absolute atomic E-state index is 10.3. The van der Waals surface area contributed by atoms with Gasteiger partial charge in [-0.05, 0) is 41.5 Å². The van der Waals surface area contributed by atoms with Crippen LogP contribution in [0.1, 0.15) is 129 Å². The molecule has 0 amide bonds. The van der Waals surface area contributed by atoms with Gasteiger partial charge in [0.15, 0.2) is 0 Å². The molecule has 1 aliphatic rings. The smallest absolute Gasteiger partial charge is 1.00 e. The molecule has 0 aliphatic carbocycles. The van der Waals surface area contributed by atoms with Crippen molar-refractivity contribution in [2.24, 2.45) is 0 Å². The van der Waals surface area contributed by atoms with Crippen LogP contribution in [0.4, 0.5) is 0 Å². The summed E-state index contributed by atoms with van der Waals surface area (Å²) in [6, 6.07) is 10.4. The summed E-state index contributed by atoms with van der Waals surface area (Å²) in [4.78, 5) is 14.4. The molecule has 1 N–H and O–H groups in total. The Hall–Kier alpha value is -0.304. The van der Waals surface area contributed by atoms with Crippen LogP contribution in [0.3, 0.4) is 0 Å². The van der Waals surface area contributed by atoms with E-state index in [0.29, 0.717) is 6.42 Å². The van der Waals surface area contributed by atoms with Crippen molar-refractivity contribution in [2.45, 2.75) is 129 Å². The number of carbonyl (C=O) groups is 1. The second kappa shape index (κ2) is 25.4. The fourth-order valence-electron chi connectivity index (χ4n) is 4.96. The fourth-order valence-corrected chi connectivity index (χ4v) is 6.04. The molecular formula is C32H53Cl2MgNO2S. The van der Waals surface area contributed by atoms with E-state index in [1.165, 1.54) is 101 Å². The molecule has 0 saturated carbocycles. The molecule has 1 aliphatic heterocycles. The summed E-state index contributed by atoms with van der Waals surface area (Å²) in [5.74, 6) is -0.653. The topological polar surface area (TPSA) is 40.5 Å². The summed E-state index contributed by atoms with van der Waals surface area (Å²) >= 11 is 8.08. The van der Waals surface area contributed by atoms with Gasteiger partial charge in [-0.3, -0.25) is 9.69 Å². The van der Waals surface area contributed by atoms with Gasteiger partial charge < -0.3 is 7.96 Å². The first-order chi connectivity index (χ1) is 18.1. The zero-order chi connectivity index (χ0) is 26.6. The molecule has 0 fully saturated rings. The minimum absolute atomic E-state index is 0. The second-order valence-corrected chi connectivity index (χ2v) is 11.9. The summed E-state index contributed by atoms with van der Waals surface area (Å²) in [7, 11) is 0. The average molecular weight is 611 g/mol. The molecule has 0 unspecified atom stereocenters. The summed E-state index contributed by atoms with van der Waals surface area (Å²) < 4.78 is 0. The van der Waals surface area contributed by atoms with Crippen molar-refractivity contribution >= 4 is 64.4 Å². The van der Waals surface area contributed by atoms with Crippen molar-refractivity contribution in [2.75, 3.05) is 6.54 Å². The average Bonchev–Trinajstić information content (AvgIpc) is 3.36.